The number of aromatic nitrogens is 1. The predicted molar refractivity (Wildman–Crippen MR) is 191 cm³/mol. The van der Waals surface area contributed by atoms with E-state index in [1.807, 2.05) is 6.07 Å². The van der Waals surface area contributed by atoms with Crippen LogP contribution in [0.25, 0.3) is 0 Å². The number of hydrogen-bond acceptors (Lipinski definition) is 8. The van der Waals surface area contributed by atoms with Crippen LogP contribution in [0.3, 0.4) is 0 Å². The average molecular weight is 754 g/mol. The highest BCUT2D eigenvalue weighted by Gasteiger charge is 2.48. The molecule has 3 aliphatic rings. The van der Waals surface area contributed by atoms with Gasteiger partial charge >= 0.3 is 5.97 Å². The predicted octanol–water partition coefficient (Wildman–Crippen LogP) is 5.11. The first-order valence-electron chi connectivity index (χ1n) is 17.0. The summed E-state index contributed by atoms with van der Waals surface area (Å²) < 4.78 is 29.4. The van der Waals surface area contributed by atoms with Gasteiger partial charge in [-0.15, -0.1) is 0 Å². The summed E-state index contributed by atoms with van der Waals surface area (Å²) in [6.07, 6.45) is 9.34. The third-order valence-electron chi connectivity index (χ3n) is 10.2. The topological polar surface area (TPSA) is 173 Å². The van der Waals surface area contributed by atoms with E-state index in [0.29, 0.717) is 23.2 Å². The third-order valence-corrected chi connectivity index (χ3v) is 12.7. The van der Waals surface area contributed by atoms with Crippen molar-refractivity contribution in [3.05, 3.63) is 87.7 Å². The number of nitrogens with zero attached hydrogens (tertiary/aromatic N) is 4. The van der Waals surface area contributed by atoms with Gasteiger partial charge in [-0.1, -0.05) is 54.2 Å². The molecule has 12 nitrogen and oxygen atoms in total. The second kappa shape index (κ2) is 15.7. The zero-order chi connectivity index (χ0) is 36.3. The molecule has 5 atom stereocenters. The molecule has 0 bridgehead atoms. The van der Waals surface area contributed by atoms with E-state index in [2.05, 4.69) is 20.5 Å². The van der Waals surface area contributed by atoms with Gasteiger partial charge < -0.3 is 15.7 Å². The van der Waals surface area contributed by atoms with Crippen LogP contribution in [0, 0.1) is 17.2 Å². The van der Waals surface area contributed by atoms with Gasteiger partial charge in [0.25, 0.3) is 5.91 Å². The Bertz CT molecular complexity index is 1930. The first-order valence-corrected chi connectivity index (χ1v) is 19.2. The number of carboxylic acids is 1. The van der Waals surface area contributed by atoms with Crippen LogP contribution in [-0.2, 0) is 26.0 Å². The molecule has 6 rings (SSSR count). The molecule has 51 heavy (non-hydrogen) atoms. The third kappa shape index (κ3) is 8.05. The molecule has 268 valence electrons. The van der Waals surface area contributed by atoms with Gasteiger partial charge in [-0.05, 0) is 80.5 Å². The maximum Gasteiger partial charge on any atom is 0.326 e. The van der Waals surface area contributed by atoms with Crippen molar-refractivity contribution in [2.45, 2.75) is 80.4 Å². The number of aliphatic carboxylic acids is 1. The molecular weight excluding hydrogens is 715 g/mol. The number of piperidine rings is 1. The van der Waals surface area contributed by atoms with E-state index in [0.717, 1.165) is 38.6 Å². The molecule has 1 saturated carbocycles. The quantitative estimate of drug-likeness (QED) is 0.254. The molecule has 2 saturated heterocycles. The molecule has 1 aromatic heterocycles. The highest BCUT2D eigenvalue weighted by atomic mass is 35.5. The lowest BCUT2D eigenvalue weighted by Gasteiger charge is -2.47. The van der Waals surface area contributed by atoms with Crippen LogP contribution in [0.2, 0.25) is 10.0 Å². The molecule has 3 fully saturated rings. The highest BCUT2D eigenvalue weighted by Crippen LogP contribution is 2.39. The molecule has 0 spiro atoms. The molecule has 2 aromatic carbocycles. The van der Waals surface area contributed by atoms with Crippen LogP contribution in [0.4, 0.5) is 5.69 Å². The molecule has 2 amide bonds. The average Bonchev–Trinajstić information content (AvgIpc) is 3.58. The number of pyridine rings is 1. The lowest BCUT2D eigenvalue weighted by atomic mass is 9.77. The number of carbonyl (C=O) groups excluding carboxylic acids is 2. The monoisotopic (exact) mass is 752 g/mol. The van der Waals surface area contributed by atoms with E-state index in [1.54, 1.807) is 24.3 Å². The number of hydrogen-bond donors (Lipinski definition) is 3. The Labute approximate surface area is 306 Å². The summed E-state index contributed by atoms with van der Waals surface area (Å²) in [7, 11) is -4.23. The Hall–Kier alpha value is -4.06. The Morgan fingerprint density at radius 2 is 1.73 bits per heavy atom. The normalized spacial score (nSPS) is 23.1. The number of carbonyl (C=O) groups is 3. The molecule has 3 N–H and O–H groups in total. The van der Waals surface area contributed by atoms with Crippen LogP contribution in [0.15, 0.2) is 65.8 Å². The van der Waals surface area contributed by atoms with Crippen LogP contribution >= 0.6 is 23.2 Å². The zero-order valence-corrected chi connectivity index (χ0v) is 30.0. The van der Waals surface area contributed by atoms with Crippen molar-refractivity contribution in [1.82, 2.24) is 19.5 Å². The summed E-state index contributed by atoms with van der Waals surface area (Å²) in [6, 6.07) is 11.7. The summed E-state index contributed by atoms with van der Waals surface area (Å²) in [5, 5.41) is 25.1. The molecule has 3 aromatic rings. The second-order valence-electron chi connectivity index (χ2n) is 13.3. The van der Waals surface area contributed by atoms with Gasteiger partial charge in [0, 0.05) is 43.1 Å². The van der Waals surface area contributed by atoms with E-state index >= 15 is 0 Å². The van der Waals surface area contributed by atoms with Crippen LogP contribution in [0.1, 0.15) is 66.4 Å². The van der Waals surface area contributed by atoms with Crippen LogP contribution in [0.5, 0.6) is 0 Å². The van der Waals surface area contributed by atoms with E-state index in [1.165, 1.54) is 47.4 Å². The first kappa shape index (κ1) is 36.7. The van der Waals surface area contributed by atoms with E-state index in [4.69, 9.17) is 23.2 Å². The standard InChI is InChI=1S/C36H38Cl2N6O6S/c37-28-19-40-20-29(38)33(28)35(46)41-25-12-10-22(11-13-25)16-30(36(47)48)42-34(45)32-17-26(43-14-4-7-24-6-1-2-9-31(24)43)21-44(32)51(49,50)27-8-3-5-23(15-27)18-39/h3,5,8,10-13,15,19-20,24,26,30-32H,1-2,4,6-7,9,14,16-17,21H2,(H,41,46)(H,42,45)(H,47,48)/t24?,26-,30+,31?,32+/m1/s1. The van der Waals surface area contributed by atoms with Crippen molar-refractivity contribution < 1.29 is 27.9 Å². The number of rotatable bonds is 10. The van der Waals surface area contributed by atoms with Crippen LogP contribution < -0.4 is 10.6 Å². The number of anilines is 1. The number of likely N-dealkylation sites (tertiary alicyclic amines) is 1. The number of benzene rings is 2. The summed E-state index contributed by atoms with van der Waals surface area (Å²) in [4.78, 5) is 45.4. The van der Waals surface area contributed by atoms with Crippen molar-refractivity contribution in [3.63, 3.8) is 0 Å². The van der Waals surface area contributed by atoms with Crippen molar-refractivity contribution >= 4 is 56.7 Å². The number of nitrogens with one attached hydrogen (secondary N) is 2. The number of carboxylic acid groups (broad SMARTS) is 1. The molecular formula is C36H38Cl2N6O6S. The number of nitriles is 1. The number of fused-ring (bicyclic) bond motifs is 1. The fourth-order valence-corrected chi connectivity index (χ4v) is 9.98. The lowest BCUT2D eigenvalue weighted by molar-refractivity contribution is -0.142. The SMILES string of the molecule is N#Cc1cccc(S(=O)(=O)N2C[C@H](N3CCCC4CCCCC43)C[C@H]2C(=O)N[C@@H](Cc2ccc(NC(=O)c3c(Cl)cncc3Cl)cc2)C(=O)O)c1. The van der Waals surface area contributed by atoms with Gasteiger partial charge in [0.2, 0.25) is 15.9 Å². The summed E-state index contributed by atoms with van der Waals surface area (Å²) >= 11 is 12.2. The smallest absolute Gasteiger partial charge is 0.326 e. The minimum atomic E-state index is -4.23. The molecule has 1 aliphatic carbocycles. The van der Waals surface area contributed by atoms with Gasteiger partial charge in [-0.25, -0.2) is 13.2 Å². The van der Waals surface area contributed by atoms with Crippen molar-refractivity contribution in [1.29, 1.82) is 5.26 Å². The van der Waals surface area contributed by atoms with Gasteiger partial charge in [-0.3, -0.25) is 19.5 Å². The maximum atomic E-state index is 14.1. The summed E-state index contributed by atoms with van der Waals surface area (Å²) in [6.45, 7) is 0.899. The van der Waals surface area contributed by atoms with Gasteiger partial charge in [0.15, 0.2) is 0 Å². The van der Waals surface area contributed by atoms with Gasteiger partial charge in [0.1, 0.15) is 12.1 Å². The summed E-state index contributed by atoms with van der Waals surface area (Å²) in [5.74, 6) is -1.99. The Morgan fingerprint density at radius 3 is 2.43 bits per heavy atom. The highest BCUT2D eigenvalue weighted by molar-refractivity contribution is 7.89. The number of sulfonamides is 1. The van der Waals surface area contributed by atoms with Gasteiger partial charge in [-0.2, -0.15) is 9.57 Å². The zero-order valence-electron chi connectivity index (χ0n) is 27.7. The summed E-state index contributed by atoms with van der Waals surface area (Å²) in [5.41, 5.74) is 1.20. The van der Waals surface area contributed by atoms with Crippen molar-refractivity contribution in [2.75, 3.05) is 18.4 Å². The maximum absolute atomic E-state index is 14.1. The van der Waals surface area contributed by atoms with Crippen molar-refractivity contribution in [3.8, 4) is 6.07 Å². The molecule has 3 heterocycles. The Balaban J connectivity index is 1.20. The largest absolute Gasteiger partial charge is 0.480 e. The van der Waals surface area contributed by atoms with E-state index in [-0.39, 0.29) is 51.5 Å². The minimum absolute atomic E-state index is 0.0629. The Morgan fingerprint density at radius 1 is 1.02 bits per heavy atom. The van der Waals surface area contributed by atoms with Gasteiger partial charge in [0.05, 0.1) is 32.1 Å². The fourth-order valence-electron chi connectivity index (χ4n) is 7.76. The number of amides is 2. The second-order valence-corrected chi connectivity index (χ2v) is 16.0. The fraction of sp³-hybridized carbons (Fsp3) is 0.417. The number of halogens is 2. The van der Waals surface area contributed by atoms with E-state index < -0.39 is 39.9 Å². The Kier molecular flexibility index (Phi) is 11.3. The lowest BCUT2D eigenvalue weighted by Crippen LogP contribution is -2.52. The molecule has 15 heteroatoms. The minimum Gasteiger partial charge on any atom is -0.480 e. The van der Waals surface area contributed by atoms with Crippen molar-refractivity contribution in [2.24, 2.45) is 5.92 Å². The van der Waals surface area contributed by atoms with Crippen LogP contribution in [-0.4, -0.2) is 82.8 Å². The molecule has 2 unspecified atom stereocenters. The van der Waals surface area contributed by atoms with E-state index in [9.17, 15) is 33.2 Å². The molecule has 0 radical (unpaired) electrons. The molecule has 2 aliphatic heterocycles. The first-order chi connectivity index (χ1) is 24.5.